The van der Waals surface area contributed by atoms with Gasteiger partial charge in [0.15, 0.2) is 0 Å². The minimum Gasteiger partial charge on any atom is -0.502 e. The van der Waals surface area contributed by atoms with Crippen LogP contribution in [-0.4, -0.2) is 29.3 Å². The lowest BCUT2D eigenvalue weighted by Crippen LogP contribution is -2.37. The lowest BCUT2D eigenvalue weighted by molar-refractivity contribution is -0.385. The summed E-state index contributed by atoms with van der Waals surface area (Å²) in [5.74, 6) is -0.0206. The number of hydrogen-bond acceptors (Lipinski definition) is 7. The second-order valence-corrected chi connectivity index (χ2v) is 9.08. The van der Waals surface area contributed by atoms with Gasteiger partial charge in [-0.15, -0.1) is 0 Å². The number of aromatic hydroxyl groups is 1. The molecule has 4 heterocycles. The van der Waals surface area contributed by atoms with Crippen molar-refractivity contribution in [3.63, 3.8) is 0 Å². The van der Waals surface area contributed by atoms with Crippen LogP contribution in [0.5, 0.6) is 5.75 Å². The molecule has 0 spiro atoms. The molecule has 1 N–H and O–H groups in total. The number of anilines is 1. The Kier molecular flexibility index (Phi) is 5.11. The molecule has 3 aromatic rings. The predicted octanol–water partition coefficient (Wildman–Crippen LogP) is 5.27. The van der Waals surface area contributed by atoms with Gasteiger partial charge in [-0.25, -0.2) is 4.99 Å². The first-order chi connectivity index (χ1) is 15.5. The van der Waals surface area contributed by atoms with E-state index in [0.29, 0.717) is 28.5 Å². The van der Waals surface area contributed by atoms with E-state index in [1.165, 1.54) is 23.6 Å². The van der Waals surface area contributed by atoms with Gasteiger partial charge in [-0.05, 0) is 42.4 Å². The highest BCUT2D eigenvalue weighted by Crippen LogP contribution is 2.52. The Balaban J connectivity index is 1.54. The molecule has 0 unspecified atom stereocenters. The van der Waals surface area contributed by atoms with E-state index in [1.807, 2.05) is 30.3 Å². The van der Waals surface area contributed by atoms with Gasteiger partial charge in [-0.1, -0.05) is 41.7 Å². The first-order valence-corrected chi connectivity index (χ1v) is 11.3. The average molecular weight is 445 g/mol. The highest BCUT2D eigenvalue weighted by atomic mass is 32.1. The molecule has 3 aliphatic heterocycles. The van der Waals surface area contributed by atoms with Gasteiger partial charge in [0.2, 0.25) is 5.75 Å². The van der Waals surface area contributed by atoms with Gasteiger partial charge in [-0.3, -0.25) is 10.1 Å². The Bertz CT molecular complexity index is 1270. The van der Waals surface area contributed by atoms with Crippen molar-refractivity contribution >= 4 is 33.2 Å². The minimum absolute atomic E-state index is 0.267. The van der Waals surface area contributed by atoms with Gasteiger partial charge in [0.25, 0.3) is 0 Å². The zero-order chi connectivity index (χ0) is 22.2. The van der Waals surface area contributed by atoms with Gasteiger partial charge >= 0.3 is 5.69 Å². The molecule has 8 heteroatoms. The molecule has 0 radical (unpaired) electrons. The van der Waals surface area contributed by atoms with Crippen molar-refractivity contribution in [1.29, 1.82) is 5.26 Å². The SMILES string of the molecule is N#Cc1c(/N=C/c2cc(Cc3ccccc3)cc([N+](=O)[O-])c2O)sc2c1C1CCN2CC1. The number of phenolic OH excluding ortho intramolecular Hbond substituents is 1. The fraction of sp³-hybridized carbons (Fsp3) is 0.250. The van der Waals surface area contributed by atoms with E-state index in [-0.39, 0.29) is 11.3 Å². The predicted molar refractivity (Wildman–Crippen MR) is 124 cm³/mol. The van der Waals surface area contributed by atoms with E-state index in [2.05, 4.69) is 16.0 Å². The summed E-state index contributed by atoms with van der Waals surface area (Å²) in [4.78, 5) is 17.8. The number of phenols is 1. The monoisotopic (exact) mass is 444 g/mol. The summed E-state index contributed by atoms with van der Waals surface area (Å²) in [5, 5.41) is 33.5. The van der Waals surface area contributed by atoms with E-state index >= 15 is 0 Å². The van der Waals surface area contributed by atoms with Crippen LogP contribution in [0.3, 0.4) is 0 Å². The first-order valence-electron chi connectivity index (χ1n) is 10.4. The maximum absolute atomic E-state index is 11.5. The van der Waals surface area contributed by atoms with Gasteiger partial charge in [0, 0.05) is 36.5 Å². The van der Waals surface area contributed by atoms with Crippen molar-refractivity contribution in [3.8, 4) is 11.8 Å². The molecule has 0 atom stereocenters. The van der Waals surface area contributed by atoms with Gasteiger partial charge in [0.05, 0.1) is 15.5 Å². The van der Waals surface area contributed by atoms with Crippen LogP contribution in [0.15, 0.2) is 47.5 Å². The summed E-state index contributed by atoms with van der Waals surface area (Å²) < 4.78 is 0. The standard InChI is InChI=1S/C24H20N4O3S/c25-13-19-21-17-6-8-27(9-7-17)24(21)32-23(19)26-14-18-11-16(10-15-4-2-1-3-5-15)12-20(22(18)29)28(30)31/h1-5,11-12,14,17,29H,6-10H2/b26-14+. The van der Waals surface area contributed by atoms with Crippen LogP contribution in [0.4, 0.5) is 15.7 Å². The van der Waals surface area contributed by atoms with Crippen LogP contribution >= 0.6 is 11.3 Å². The second-order valence-electron chi connectivity index (χ2n) is 8.10. The zero-order valence-corrected chi connectivity index (χ0v) is 18.0. The number of benzene rings is 2. The number of nitro groups is 1. The summed E-state index contributed by atoms with van der Waals surface area (Å²) in [6.07, 6.45) is 4.04. The number of nitriles is 1. The van der Waals surface area contributed by atoms with E-state index in [0.717, 1.165) is 42.1 Å². The third-order valence-electron chi connectivity index (χ3n) is 6.16. The van der Waals surface area contributed by atoms with Crippen LogP contribution < -0.4 is 4.90 Å². The fourth-order valence-corrected chi connectivity index (χ4v) is 5.84. The Labute approximate surface area is 189 Å². The van der Waals surface area contributed by atoms with E-state index in [1.54, 1.807) is 6.07 Å². The Morgan fingerprint density at radius 2 is 2.00 bits per heavy atom. The summed E-state index contributed by atoms with van der Waals surface area (Å²) in [5.41, 5.74) is 3.31. The number of thiophene rings is 1. The van der Waals surface area contributed by atoms with Crippen molar-refractivity contribution in [2.75, 3.05) is 18.0 Å². The molecule has 2 aromatic carbocycles. The summed E-state index contributed by atoms with van der Waals surface area (Å²) in [6, 6.07) is 15.1. The van der Waals surface area contributed by atoms with Gasteiger partial charge in [0.1, 0.15) is 11.1 Å². The molecule has 1 fully saturated rings. The number of nitrogens with zero attached hydrogens (tertiary/aromatic N) is 4. The molecular weight excluding hydrogens is 424 g/mol. The number of aliphatic imine (C=N–C) groups is 1. The number of nitro benzene ring substituents is 1. The van der Waals surface area contributed by atoms with Crippen LogP contribution in [0.25, 0.3) is 0 Å². The molecule has 1 aromatic heterocycles. The first kappa shape index (κ1) is 20.2. The summed E-state index contributed by atoms with van der Waals surface area (Å²) in [6.45, 7) is 2.00. The second kappa shape index (κ2) is 8.09. The van der Waals surface area contributed by atoms with Crippen molar-refractivity contribution in [3.05, 3.63) is 80.4 Å². The lowest BCUT2D eigenvalue weighted by Gasteiger charge is -2.39. The van der Waals surface area contributed by atoms with Crippen LogP contribution in [0.2, 0.25) is 0 Å². The third kappa shape index (κ3) is 3.51. The highest BCUT2D eigenvalue weighted by molar-refractivity contribution is 7.20. The zero-order valence-electron chi connectivity index (χ0n) is 17.2. The topological polar surface area (TPSA) is 103 Å². The Hall–Kier alpha value is -3.70. The smallest absolute Gasteiger partial charge is 0.311 e. The van der Waals surface area contributed by atoms with Crippen molar-refractivity contribution in [2.24, 2.45) is 4.99 Å². The van der Waals surface area contributed by atoms with Crippen LogP contribution in [-0.2, 0) is 6.42 Å². The van der Waals surface area contributed by atoms with E-state index < -0.39 is 10.7 Å². The highest BCUT2D eigenvalue weighted by Gasteiger charge is 2.36. The van der Waals surface area contributed by atoms with Crippen LogP contribution in [0.1, 0.15) is 46.6 Å². The average Bonchev–Trinajstić information content (AvgIpc) is 3.21. The minimum atomic E-state index is -0.587. The van der Waals surface area contributed by atoms with Gasteiger partial charge < -0.3 is 10.0 Å². The molecule has 0 aliphatic carbocycles. The summed E-state index contributed by atoms with van der Waals surface area (Å²) >= 11 is 1.48. The molecular formula is C24H20N4O3S. The molecule has 0 amide bonds. The molecule has 160 valence electrons. The maximum atomic E-state index is 11.5. The lowest BCUT2D eigenvalue weighted by atomic mass is 9.84. The van der Waals surface area contributed by atoms with E-state index in [9.17, 15) is 20.5 Å². The molecule has 7 nitrogen and oxygen atoms in total. The molecule has 6 rings (SSSR count). The third-order valence-corrected chi connectivity index (χ3v) is 7.33. The van der Waals surface area contributed by atoms with Crippen LogP contribution in [0, 0.1) is 21.4 Å². The number of rotatable bonds is 5. The molecule has 3 aliphatic rings. The van der Waals surface area contributed by atoms with E-state index in [4.69, 9.17) is 0 Å². The summed E-state index contributed by atoms with van der Waals surface area (Å²) in [7, 11) is 0. The van der Waals surface area contributed by atoms with Crippen molar-refractivity contribution in [1.82, 2.24) is 0 Å². The largest absolute Gasteiger partial charge is 0.502 e. The van der Waals surface area contributed by atoms with Crippen molar-refractivity contribution in [2.45, 2.75) is 25.2 Å². The molecule has 2 bridgehead atoms. The Morgan fingerprint density at radius 1 is 1.25 bits per heavy atom. The molecule has 0 saturated carbocycles. The molecule has 32 heavy (non-hydrogen) atoms. The normalized spacial score (nSPS) is 15.2. The number of piperidine rings is 1. The Morgan fingerprint density at radius 3 is 2.69 bits per heavy atom. The fourth-order valence-electron chi connectivity index (χ4n) is 4.60. The quantitative estimate of drug-likeness (QED) is 0.328. The van der Waals surface area contributed by atoms with Crippen molar-refractivity contribution < 1.29 is 10.0 Å². The number of fused-ring (bicyclic) bond motifs is 2. The molecule has 1 saturated heterocycles. The number of hydrogen-bond donors (Lipinski definition) is 1. The maximum Gasteiger partial charge on any atom is 0.311 e. The van der Waals surface area contributed by atoms with Gasteiger partial charge in [-0.2, -0.15) is 5.26 Å².